The SMILES string of the molecule is O=C(Nc1nc(-c2ccco2)cs1)c1ccccc1[N+](=O)[O-]. The fourth-order valence-corrected chi connectivity index (χ4v) is 2.55. The summed E-state index contributed by atoms with van der Waals surface area (Å²) in [6.45, 7) is 0. The maximum absolute atomic E-state index is 12.2. The van der Waals surface area contributed by atoms with Crippen molar-refractivity contribution in [3.05, 3.63) is 63.7 Å². The zero-order chi connectivity index (χ0) is 15.5. The third-order valence-electron chi connectivity index (χ3n) is 2.84. The molecule has 7 nitrogen and oxygen atoms in total. The Morgan fingerprint density at radius 3 is 2.82 bits per heavy atom. The van der Waals surface area contributed by atoms with E-state index in [4.69, 9.17) is 4.42 Å². The van der Waals surface area contributed by atoms with Crippen molar-refractivity contribution in [2.45, 2.75) is 0 Å². The molecular formula is C14H9N3O4S. The fraction of sp³-hybridized carbons (Fsp3) is 0. The minimum absolute atomic E-state index is 0.0118. The molecule has 1 amide bonds. The lowest BCUT2D eigenvalue weighted by molar-refractivity contribution is -0.385. The number of rotatable bonds is 4. The number of thiazole rings is 1. The average Bonchev–Trinajstić information content (AvgIpc) is 3.17. The molecule has 0 fully saturated rings. The second-order valence-electron chi connectivity index (χ2n) is 4.24. The molecule has 0 aliphatic heterocycles. The van der Waals surface area contributed by atoms with Crippen LogP contribution in [-0.4, -0.2) is 15.8 Å². The van der Waals surface area contributed by atoms with Crippen molar-refractivity contribution in [1.82, 2.24) is 4.98 Å². The van der Waals surface area contributed by atoms with Crippen LogP contribution in [0.3, 0.4) is 0 Å². The zero-order valence-electron chi connectivity index (χ0n) is 11.1. The van der Waals surface area contributed by atoms with Crippen LogP contribution in [0.2, 0.25) is 0 Å². The summed E-state index contributed by atoms with van der Waals surface area (Å²) in [5.74, 6) is 0.00934. The molecule has 0 aliphatic rings. The molecule has 0 bridgehead atoms. The number of anilines is 1. The molecule has 2 aromatic heterocycles. The van der Waals surface area contributed by atoms with Gasteiger partial charge in [-0.15, -0.1) is 11.3 Å². The van der Waals surface area contributed by atoms with Crippen molar-refractivity contribution in [2.75, 3.05) is 5.32 Å². The monoisotopic (exact) mass is 315 g/mol. The molecule has 1 N–H and O–H groups in total. The van der Waals surface area contributed by atoms with Gasteiger partial charge in [-0.05, 0) is 18.2 Å². The van der Waals surface area contributed by atoms with E-state index in [0.29, 0.717) is 16.6 Å². The van der Waals surface area contributed by atoms with Gasteiger partial charge >= 0.3 is 0 Å². The number of nitro benzene ring substituents is 1. The number of para-hydroxylation sites is 1. The van der Waals surface area contributed by atoms with E-state index in [1.807, 2.05) is 0 Å². The quantitative estimate of drug-likeness (QED) is 0.586. The molecule has 3 aromatic rings. The van der Waals surface area contributed by atoms with Crippen LogP contribution in [0.5, 0.6) is 0 Å². The summed E-state index contributed by atoms with van der Waals surface area (Å²) in [6.07, 6.45) is 1.53. The highest BCUT2D eigenvalue weighted by Crippen LogP contribution is 2.26. The molecule has 0 unspecified atom stereocenters. The first kappa shape index (κ1) is 14.0. The number of hydrogen-bond donors (Lipinski definition) is 1. The zero-order valence-corrected chi connectivity index (χ0v) is 11.9. The first-order valence-corrected chi connectivity index (χ1v) is 7.07. The summed E-state index contributed by atoms with van der Waals surface area (Å²) in [5, 5.41) is 15.6. The normalized spacial score (nSPS) is 10.4. The molecule has 0 radical (unpaired) electrons. The van der Waals surface area contributed by atoms with E-state index in [0.717, 1.165) is 0 Å². The van der Waals surface area contributed by atoms with E-state index < -0.39 is 10.8 Å². The largest absolute Gasteiger partial charge is 0.463 e. The standard InChI is InChI=1S/C14H9N3O4S/c18-13(9-4-1-2-5-11(9)17(19)20)16-14-15-10(8-22-14)12-6-3-7-21-12/h1-8H,(H,15,16,18). The molecule has 2 heterocycles. The maximum Gasteiger partial charge on any atom is 0.282 e. The lowest BCUT2D eigenvalue weighted by atomic mass is 10.1. The summed E-state index contributed by atoms with van der Waals surface area (Å²) >= 11 is 1.21. The number of benzene rings is 1. The second-order valence-corrected chi connectivity index (χ2v) is 5.10. The van der Waals surface area contributed by atoms with Gasteiger partial charge in [-0.25, -0.2) is 4.98 Å². The summed E-state index contributed by atoms with van der Waals surface area (Å²) in [7, 11) is 0. The van der Waals surface area contributed by atoms with Crippen LogP contribution < -0.4 is 5.32 Å². The highest BCUT2D eigenvalue weighted by atomic mass is 32.1. The Bertz CT molecular complexity index is 826. The van der Waals surface area contributed by atoms with E-state index in [9.17, 15) is 14.9 Å². The average molecular weight is 315 g/mol. The molecule has 8 heteroatoms. The predicted molar refractivity (Wildman–Crippen MR) is 80.9 cm³/mol. The molecule has 0 atom stereocenters. The molecule has 1 aromatic carbocycles. The molecule has 110 valence electrons. The van der Waals surface area contributed by atoms with E-state index >= 15 is 0 Å². The smallest absolute Gasteiger partial charge is 0.282 e. The van der Waals surface area contributed by atoms with Crippen LogP contribution in [0.1, 0.15) is 10.4 Å². The van der Waals surface area contributed by atoms with Gasteiger partial charge in [-0.1, -0.05) is 12.1 Å². The number of hydrogen-bond acceptors (Lipinski definition) is 6. The number of carbonyl (C=O) groups excluding carboxylic acids is 1. The van der Waals surface area contributed by atoms with Crippen LogP contribution in [0.25, 0.3) is 11.5 Å². The number of carbonyl (C=O) groups is 1. The predicted octanol–water partition coefficient (Wildman–Crippen LogP) is 3.56. The third kappa shape index (κ3) is 2.72. The highest BCUT2D eigenvalue weighted by molar-refractivity contribution is 7.14. The molecular weight excluding hydrogens is 306 g/mol. The summed E-state index contributed by atoms with van der Waals surface area (Å²) in [5.41, 5.74) is 0.331. The minimum atomic E-state index is -0.592. The van der Waals surface area contributed by atoms with Crippen LogP contribution in [0.15, 0.2) is 52.5 Å². The first-order valence-electron chi connectivity index (χ1n) is 6.19. The van der Waals surface area contributed by atoms with Crippen molar-refractivity contribution in [2.24, 2.45) is 0 Å². The Kier molecular flexibility index (Phi) is 3.67. The lowest BCUT2D eigenvalue weighted by Gasteiger charge is -2.02. The highest BCUT2D eigenvalue weighted by Gasteiger charge is 2.20. The Morgan fingerprint density at radius 1 is 1.27 bits per heavy atom. The Labute approximate surface area is 128 Å². The number of nitro groups is 1. The molecule has 0 saturated carbocycles. The fourth-order valence-electron chi connectivity index (χ4n) is 1.86. The number of amides is 1. The van der Waals surface area contributed by atoms with E-state index in [1.165, 1.54) is 35.8 Å². The molecule has 22 heavy (non-hydrogen) atoms. The van der Waals surface area contributed by atoms with E-state index in [-0.39, 0.29) is 11.3 Å². The van der Waals surface area contributed by atoms with Crippen LogP contribution in [0, 0.1) is 10.1 Å². The van der Waals surface area contributed by atoms with Crippen LogP contribution in [-0.2, 0) is 0 Å². The van der Waals surface area contributed by atoms with Gasteiger partial charge in [0.1, 0.15) is 11.3 Å². The topological polar surface area (TPSA) is 98.3 Å². The summed E-state index contributed by atoms with van der Waals surface area (Å²) in [4.78, 5) is 26.7. The second kappa shape index (κ2) is 5.78. The summed E-state index contributed by atoms with van der Waals surface area (Å²) in [6, 6.07) is 9.24. The number of nitrogens with one attached hydrogen (secondary N) is 1. The number of aromatic nitrogens is 1. The lowest BCUT2D eigenvalue weighted by Crippen LogP contribution is -2.13. The van der Waals surface area contributed by atoms with Crippen molar-refractivity contribution in [3.8, 4) is 11.5 Å². The van der Waals surface area contributed by atoms with E-state index in [2.05, 4.69) is 10.3 Å². The van der Waals surface area contributed by atoms with Gasteiger partial charge in [-0.2, -0.15) is 0 Å². The first-order chi connectivity index (χ1) is 10.6. The van der Waals surface area contributed by atoms with Gasteiger partial charge in [0.15, 0.2) is 10.9 Å². The van der Waals surface area contributed by atoms with Gasteiger partial charge in [0.25, 0.3) is 11.6 Å². The van der Waals surface area contributed by atoms with Gasteiger partial charge in [0.05, 0.1) is 11.2 Å². The van der Waals surface area contributed by atoms with Crippen molar-refractivity contribution in [1.29, 1.82) is 0 Å². The third-order valence-corrected chi connectivity index (χ3v) is 3.60. The number of furan rings is 1. The molecule has 3 rings (SSSR count). The Hall–Kier alpha value is -3.00. The molecule has 0 aliphatic carbocycles. The van der Waals surface area contributed by atoms with Crippen molar-refractivity contribution < 1.29 is 14.1 Å². The van der Waals surface area contributed by atoms with Gasteiger partial charge in [-0.3, -0.25) is 20.2 Å². The van der Waals surface area contributed by atoms with Crippen molar-refractivity contribution >= 4 is 28.1 Å². The van der Waals surface area contributed by atoms with Gasteiger partial charge in [0, 0.05) is 11.4 Å². The summed E-state index contributed by atoms with van der Waals surface area (Å²) < 4.78 is 5.22. The van der Waals surface area contributed by atoms with Crippen LogP contribution in [0.4, 0.5) is 10.8 Å². The van der Waals surface area contributed by atoms with Crippen LogP contribution >= 0.6 is 11.3 Å². The Morgan fingerprint density at radius 2 is 2.09 bits per heavy atom. The maximum atomic E-state index is 12.2. The Balaban J connectivity index is 1.82. The number of nitrogens with zero attached hydrogens (tertiary/aromatic N) is 2. The van der Waals surface area contributed by atoms with Gasteiger partial charge < -0.3 is 4.42 Å². The molecule has 0 spiro atoms. The van der Waals surface area contributed by atoms with Gasteiger partial charge in [0.2, 0.25) is 0 Å². The van der Waals surface area contributed by atoms with Crippen molar-refractivity contribution in [3.63, 3.8) is 0 Å². The molecule has 0 saturated heterocycles. The van der Waals surface area contributed by atoms with E-state index in [1.54, 1.807) is 23.6 Å². The minimum Gasteiger partial charge on any atom is -0.463 e.